The highest BCUT2D eigenvalue weighted by Crippen LogP contribution is 2.37. The van der Waals surface area contributed by atoms with E-state index < -0.39 is 0 Å². The molecule has 0 amide bonds. The van der Waals surface area contributed by atoms with Gasteiger partial charge in [0, 0.05) is 16.9 Å². The molecule has 1 unspecified atom stereocenters. The summed E-state index contributed by atoms with van der Waals surface area (Å²) >= 11 is 3.58. The highest BCUT2D eigenvalue weighted by Gasteiger charge is 2.27. The second kappa shape index (κ2) is 5.45. The summed E-state index contributed by atoms with van der Waals surface area (Å²) in [5, 5.41) is 0. The molecular weight excluding hydrogens is 331 g/mol. The number of halogens is 2. The van der Waals surface area contributed by atoms with E-state index in [-0.39, 0.29) is 10.6 Å². The number of fused-ring (bicyclic) bond motifs is 1. The van der Waals surface area contributed by atoms with Gasteiger partial charge in [-0.2, -0.15) is 0 Å². The zero-order valence-corrected chi connectivity index (χ0v) is 13.1. The Bertz CT molecular complexity index is 720. The second-order valence-corrected chi connectivity index (χ2v) is 6.24. The number of benzene rings is 2. The zero-order chi connectivity index (χ0) is 15.0. The molecule has 3 rings (SSSR count). The van der Waals surface area contributed by atoms with Gasteiger partial charge in [0.25, 0.3) is 0 Å². The monoisotopic (exact) mass is 344 g/mol. The first kappa shape index (κ1) is 14.0. The summed E-state index contributed by atoms with van der Waals surface area (Å²) in [5.74, 6) is 0.581. The minimum Gasteiger partial charge on any atom is -0.297 e. The van der Waals surface area contributed by atoms with Crippen LogP contribution in [-0.2, 0) is 0 Å². The molecular formula is C17H14BrFN2. The fourth-order valence-electron chi connectivity index (χ4n) is 2.39. The molecule has 21 heavy (non-hydrogen) atoms. The van der Waals surface area contributed by atoms with Crippen LogP contribution in [0.2, 0.25) is 0 Å². The van der Waals surface area contributed by atoms with Crippen LogP contribution in [0.1, 0.15) is 12.5 Å². The van der Waals surface area contributed by atoms with E-state index >= 15 is 0 Å². The quantitative estimate of drug-likeness (QED) is 0.689. The molecule has 1 atom stereocenters. The average Bonchev–Trinajstić information content (AvgIpc) is 2.48. The summed E-state index contributed by atoms with van der Waals surface area (Å²) in [6, 6.07) is 14.2. The van der Waals surface area contributed by atoms with Crippen LogP contribution >= 0.6 is 15.9 Å². The van der Waals surface area contributed by atoms with Crippen LogP contribution in [0.25, 0.3) is 5.70 Å². The minimum atomic E-state index is -0.257. The van der Waals surface area contributed by atoms with Gasteiger partial charge in [0.15, 0.2) is 0 Å². The van der Waals surface area contributed by atoms with Crippen LogP contribution < -0.4 is 4.90 Å². The van der Waals surface area contributed by atoms with Gasteiger partial charge < -0.3 is 0 Å². The van der Waals surface area contributed by atoms with Crippen LogP contribution in [0.15, 0.2) is 60.1 Å². The Kier molecular flexibility index (Phi) is 3.64. The van der Waals surface area contributed by atoms with Crippen LogP contribution in [0.4, 0.5) is 15.8 Å². The van der Waals surface area contributed by atoms with E-state index in [2.05, 4.69) is 22.5 Å². The van der Waals surface area contributed by atoms with Crippen molar-refractivity contribution in [2.24, 2.45) is 4.99 Å². The molecule has 0 radical (unpaired) electrons. The lowest BCUT2D eigenvalue weighted by Gasteiger charge is -2.33. The number of hydrogen-bond acceptors (Lipinski definition) is 2. The molecule has 2 aromatic carbocycles. The van der Waals surface area contributed by atoms with E-state index in [1.807, 2.05) is 36.1 Å². The predicted octanol–water partition coefficient (Wildman–Crippen LogP) is 5.13. The molecule has 2 nitrogen and oxygen atoms in total. The third-order valence-electron chi connectivity index (χ3n) is 3.39. The van der Waals surface area contributed by atoms with E-state index in [0.29, 0.717) is 0 Å². The highest BCUT2D eigenvalue weighted by atomic mass is 79.9. The molecule has 0 saturated heterocycles. The Morgan fingerprint density at radius 3 is 2.48 bits per heavy atom. The van der Waals surface area contributed by atoms with E-state index in [4.69, 9.17) is 4.99 Å². The fraction of sp³-hybridized carbons (Fsp3) is 0.118. The molecule has 0 spiro atoms. The van der Waals surface area contributed by atoms with Gasteiger partial charge in [-0.25, -0.2) is 9.38 Å². The molecule has 4 heteroatoms. The molecule has 0 aromatic heterocycles. The number of aliphatic imine (C=N–C) groups is 1. The number of nitrogens with zero attached hydrogens (tertiary/aromatic N) is 2. The molecule has 1 aliphatic rings. The first-order valence-corrected chi connectivity index (χ1v) is 7.56. The van der Waals surface area contributed by atoms with E-state index in [9.17, 15) is 4.39 Å². The average molecular weight is 345 g/mol. The van der Waals surface area contributed by atoms with Gasteiger partial charge in [-0.05, 0) is 37.3 Å². The van der Waals surface area contributed by atoms with Crippen LogP contribution in [0, 0.1) is 5.82 Å². The normalized spacial score (nSPS) is 15.5. The third-order valence-corrected chi connectivity index (χ3v) is 3.80. The van der Waals surface area contributed by atoms with Gasteiger partial charge in [0.1, 0.15) is 11.7 Å². The zero-order valence-electron chi connectivity index (χ0n) is 11.6. The summed E-state index contributed by atoms with van der Waals surface area (Å²) < 4.78 is 13.2. The predicted molar refractivity (Wildman–Crippen MR) is 89.8 cm³/mol. The lowest BCUT2D eigenvalue weighted by atomic mass is 10.1. The lowest BCUT2D eigenvalue weighted by molar-refractivity contribution is 0.628. The number of amidine groups is 1. The Balaban J connectivity index is 2.15. The van der Waals surface area contributed by atoms with Crippen molar-refractivity contribution < 1.29 is 4.39 Å². The van der Waals surface area contributed by atoms with Gasteiger partial charge in [0.2, 0.25) is 0 Å². The summed E-state index contributed by atoms with van der Waals surface area (Å²) in [5.41, 5.74) is 3.58. The lowest BCUT2D eigenvalue weighted by Crippen LogP contribution is -2.36. The summed E-state index contributed by atoms with van der Waals surface area (Å²) in [6.45, 7) is 6.21. The Morgan fingerprint density at radius 2 is 1.81 bits per heavy atom. The molecule has 0 N–H and O–H groups in total. The Hall–Kier alpha value is -1.94. The van der Waals surface area contributed by atoms with Gasteiger partial charge in [-0.1, -0.05) is 40.7 Å². The standard InChI is InChI=1S/C17H14BrFN2/c1-11(18)17-20-16-6-4-3-5-15(16)12(2)21(17)14-9-7-13(19)8-10-14/h3-11H,2H2,1H3. The van der Waals surface area contributed by atoms with Gasteiger partial charge in [-0.3, -0.25) is 4.90 Å². The van der Waals surface area contributed by atoms with Crippen molar-refractivity contribution in [2.75, 3.05) is 4.90 Å². The van der Waals surface area contributed by atoms with Crippen LogP contribution in [0.5, 0.6) is 0 Å². The fourth-order valence-corrected chi connectivity index (χ4v) is 2.70. The van der Waals surface area contributed by atoms with Crippen molar-refractivity contribution in [1.29, 1.82) is 0 Å². The van der Waals surface area contributed by atoms with E-state index in [1.54, 1.807) is 12.1 Å². The van der Waals surface area contributed by atoms with E-state index in [1.165, 1.54) is 12.1 Å². The maximum Gasteiger partial charge on any atom is 0.127 e. The molecule has 1 heterocycles. The number of anilines is 1. The molecule has 0 saturated carbocycles. The van der Waals surface area contributed by atoms with Crippen molar-refractivity contribution in [3.8, 4) is 0 Å². The number of hydrogen-bond donors (Lipinski definition) is 0. The Labute approximate surface area is 131 Å². The smallest absolute Gasteiger partial charge is 0.127 e. The second-order valence-electron chi connectivity index (χ2n) is 4.86. The van der Waals surface area contributed by atoms with Crippen molar-refractivity contribution in [1.82, 2.24) is 0 Å². The first-order chi connectivity index (χ1) is 10.1. The molecule has 2 aromatic rings. The molecule has 0 aliphatic carbocycles. The summed E-state index contributed by atoms with van der Waals surface area (Å²) in [6.07, 6.45) is 0. The Morgan fingerprint density at radius 1 is 1.14 bits per heavy atom. The largest absolute Gasteiger partial charge is 0.297 e. The van der Waals surface area contributed by atoms with Gasteiger partial charge >= 0.3 is 0 Å². The molecule has 0 bridgehead atoms. The van der Waals surface area contributed by atoms with Crippen LogP contribution in [0.3, 0.4) is 0 Å². The molecule has 106 valence electrons. The van der Waals surface area contributed by atoms with Gasteiger partial charge in [0.05, 0.1) is 10.5 Å². The number of alkyl halides is 1. The van der Waals surface area contributed by atoms with Crippen molar-refractivity contribution >= 4 is 38.8 Å². The van der Waals surface area contributed by atoms with Crippen molar-refractivity contribution in [3.63, 3.8) is 0 Å². The topological polar surface area (TPSA) is 15.6 Å². The minimum absolute atomic E-state index is 0.0488. The number of rotatable bonds is 2. The highest BCUT2D eigenvalue weighted by molar-refractivity contribution is 9.10. The SMILES string of the molecule is C=C1c2ccccc2N=C(C(C)Br)N1c1ccc(F)cc1. The summed E-state index contributed by atoms with van der Waals surface area (Å²) in [4.78, 5) is 6.72. The van der Waals surface area contributed by atoms with Crippen LogP contribution in [-0.4, -0.2) is 10.7 Å². The first-order valence-electron chi connectivity index (χ1n) is 6.64. The van der Waals surface area contributed by atoms with Gasteiger partial charge in [-0.15, -0.1) is 0 Å². The summed E-state index contributed by atoms with van der Waals surface area (Å²) in [7, 11) is 0. The number of para-hydroxylation sites is 1. The molecule has 1 aliphatic heterocycles. The maximum atomic E-state index is 13.2. The van der Waals surface area contributed by atoms with Crippen molar-refractivity contribution in [2.45, 2.75) is 11.8 Å². The molecule has 0 fully saturated rings. The third kappa shape index (κ3) is 2.51. The van der Waals surface area contributed by atoms with E-state index in [0.717, 1.165) is 28.5 Å². The maximum absolute atomic E-state index is 13.2. The van der Waals surface area contributed by atoms with Crippen molar-refractivity contribution in [3.05, 3.63) is 66.5 Å².